The molecule has 0 saturated heterocycles. The van der Waals surface area contributed by atoms with Crippen LogP contribution >= 0.6 is 7.60 Å². The van der Waals surface area contributed by atoms with E-state index >= 15 is 0 Å². The lowest BCUT2D eigenvalue weighted by atomic mass is 10.1. The van der Waals surface area contributed by atoms with Crippen LogP contribution in [0.2, 0.25) is 0 Å². The molecule has 3 N–H and O–H groups in total. The fraction of sp³-hybridized carbons (Fsp3) is 0.615. The number of aromatic nitrogens is 4. The van der Waals surface area contributed by atoms with Crippen molar-refractivity contribution in [2.45, 2.75) is 44.2 Å². The first-order valence-corrected chi connectivity index (χ1v) is 9.32. The Hall–Kier alpha value is -1.54. The predicted octanol–water partition coefficient (Wildman–Crippen LogP) is 1.15. The van der Waals surface area contributed by atoms with E-state index in [9.17, 15) is 9.36 Å². The molecule has 23 heavy (non-hydrogen) atoms. The maximum Gasteiger partial charge on any atom is 0.350 e. The molecule has 0 amide bonds. The number of nitrogens with one attached hydrogen (secondary N) is 1. The summed E-state index contributed by atoms with van der Waals surface area (Å²) in [6.07, 6.45) is 6.36. The third kappa shape index (κ3) is 3.69. The molecule has 0 unspecified atom stereocenters. The van der Waals surface area contributed by atoms with Crippen molar-refractivity contribution in [3.05, 3.63) is 23.0 Å². The van der Waals surface area contributed by atoms with Gasteiger partial charge in [-0.1, -0.05) is 19.3 Å². The molecule has 3 rings (SSSR count). The van der Waals surface area contributed by atoms with Gasteiger partial charge < -0.3 is 24.1 Å². The summed E-state index contributed by atoms with van der Waals surface area (Å²) in [5.41, 5.74) is 0.408. The largest absolute Gasteiger partial charge is 0.363 e. The van der Waals surface area contributed by atoms with Crippen LogP contribution < -0.4 is 5.56 Å². The number of fused-ring (bicyclic) bond motifs is 1. The minimum absolute atomic E-state index is 0.150. The summed E-state index contributed by atoms with van der Waals surface area (Å²) in [4.78, 5) is 40.7. The highest BCUT2D eigenvalue weighted by atomic mass is 31.2. The van der Waals surface area contributed by atoms with Crippen LogP contribution in [0.15, 0.2) is 17.4 Å². The third-order valence-corrected chi connectivity index (χ3v) is 4.58. The molecular weight excluding hydrogens is 323 g/mol. The molecule has 0 radical (unpaired) electrons. The molecule has 0 aliphatic heterocycles. The highest BCUT2D eigenvalue weighted by molar-refractivity contribution is 7.51. The maximum absolute atomic E-state index is 11.8. The first kappa shape index (κ1) is 16.3. The summed E-state index contributed by atoms with van der Waals surface area (Å²) >= 11 is 0. The van der Waals surface area contributed by atoms with Gasteiger partial charge in [-0.05, 0) is 12.8 Å². The van der Waals surface area contributed by atoms with E-state index in [1.165, 1.54) is 6.33 Å². The second kappa shape index (κ2) is 6.52. The van der Waals surface area contributed by atoms with Gasteiger partial charge in [0.05, 0.1) is 24.8 Å². The number of imidazole rings is 1. The van der Waals surface area contributed by atoms with E-state index in [4.69, 9.17) is 14.5 Å². The molecule has 0 bridgehead atoms. The van der Waals surface area contributed by atoms with E-state index in [-0.39, 0.29) is 23.2 Å². The Morgan fingerprint density at radius 1 is 1.30 bits per heavy atom. The first-order chi connectivity index (χ1) is 11.0. The van der Waals surface area contributed by atoms with Crippen LogP contribution in [-0.2, 0) is 9.30 Å². The van der Waals surface area contributed by atoms with Crippen LogP contribution in [-0.4, -0.2) is 41.8 Å². The number of hydrogen-bond donors (Lipinski definition) is 3. The molecule has 2 atom stereocenters. The summed E-state index contributed by atoms with van der Waals surface area (Å²) in [5.74, 6) is 0. The smallest absolute Gasteiger partial charge is 0.350 e. The summed E-state index contributed by atoms with van der Waals surface area (Å²) in [5, 5.41) is 0. The zero-order valence-electron chi connectivity index (χ0n) is 12.5. The minimum atomic E-state index is -4.22. The molecule has 2 heterocycles. The molecule has 2 aromatic heterocycles. The van der Waals surface area contributed by atoms with E-state index < -0.39 is 13.9 Å². The van der Waals surface area contributed by atoms with Crippen LogP contribution in [0.1, 0.15) is 38.1 Å². The lowest BCUT2D eigenvalue weighted by Gasteiger charge is -2.26. The lowest BCUT2D eigenvalue weighted by Crippen LogP contribution is -2.26. The summed E-state index contributed by atoms with van der Waals surface area (Å²) < 4.78 is 18.4. The molecule has 1 aliphatic rings. The number of H-pyrrole nitrogens is 1. The van der Waals surface area contributed by atoms with Crippen molar-refractivity contribution in [2.24, 2.45) is 0 Å². The van der Waals surface area contributed by atoms with Gasteiger partial charge in [-0.25, -0.2) is 9.97 Å². The van der Waals surface area contributed by atoms with E-state index in [0.717, 1.165) is 25.7 Å². The van der Waals surface area contributed by atoms with Gasteiger partial charge in [0.15, 0.2) is 11.2 Å². The number of ether oxygens (including phenoxy) is 1. The third-order valence-electron chi connectivity index (χ3n) is 4.10. The topological polar surface area (TPSA) is 130 Å². The average Bonchev–Trinajstić information content (AvgIpc) is 2.78. The number of rotatable bonds is 4. The Balaban J connectivity index is 1.93. The van der Waals surface area contributed by atoms with Crippen LogP contribution in [0.4, 0.5) is 0 Å². The molecule has 9 nitrogen and oxygen atoms in total. The van der Waals surface area contributed by atoms with E-state index in [1.54, 1.807) is 10.9 Å². The van der Waals surface area contributed by atoms with Crippen molar-refractivity contribution >= 4 is 18.8 Å². The molecular formula is C13H19N4O5P. The fourth-order valence-electron chi connectivity index (χ4n) is 3.07. The van der Waals surface area contributed by atoms with E-state index in [1.807, 2.05) is 0 Å². The fourth-order valence-corrected chi connectivity index (χ4v) is 3.45. The zero-order valence-corrected chi connectivity index (χ0v) is 13.4. The van der Waals surface area contributed by atoms with E-state index in [0.29, 0.717) is 12.1 Å². The normalized spacial score (nSPS) is 23.0. The second-order valence-electron chi connectivity index (χ2n) is 5.76. The molecule has 1 fully saturated rings. The molecule has 0 spiro atoms. The maximum atomic E-state index is 11.8. The van der Waals surface area contributed by atoms with Crippen molar-refractivity contribution in [2.75, 3.05) is 6.35 Å². The molecule has 126 valence electrons. The predicted molar refractivity (Wildman–Crippen MR) is 82.1 cm³/mol. The van der Waals surface area contributed by atoms with Gasteiger partial charge in [-0.2, -0.15) is 0 Å². The second-order valence-corrected chi connectivity index (χ2v) is 7.35. The number of nitrogens with zero attached hydrogens (tertiary/aromatic N) is 3. The van der Waals surface area contributed by atoms with Gasteiger partial charge in [0, 0.05) is 0 Å². The Morgan fingerprint density at radius 3 is 2.87 bits per heavy atom. The van der Waals surface area contributed by atoms with E-state index in [2.05, 4.69) is 15.0 Å². The zero-order chi connectivity index (χ0) is 16.4. The molecule has 1 aliphatic carbocycles. The van der Waals surface area contributed by atoms with Gasteiger partial charge in [-0.3, -0.25) is 9.36 Å². The summed E-state index contributed by atoms with van der Waals surface area (Å²) in [6, 6.07) is -0.150. The Labute approximate surface area is 131 Å². The number of hydrogen-bond acceptors (Lipinski definition) is 5. The Kier molecular flexibility index (Phi) is 4.63. The van der Waals surface area contributed by atoms with Gasteiger partial charge in [0.1, 0.15) is 6.35 Å². The van der Waals surface area contributed by atoms with Crippen LogP contribution in [0.3, 0.4) is 0 Å². The highest BCUT2D eigenvalue weighted by Crippen LogP contribution is 2.38. The van der Waals surface area contributed by atoms with Crippen molar-refractivity contribution in [1.29, 1.82) is 0 Å². The SMILES string of the molecule is O=c1[nH]cnc2c1ncn2[C@@H]1CCCCC[C@H]1OCP(=O)(O)O. The monoisotopic (exact) mass is 342 g/mol. The molecule has 10 heteroatoms. The lowest BCUT2D eigenvalue weighted by molar-refractivity contribution is 0.0316. The highest BCUT2D eigenvalue weighted by Gasteiger charge is 2.29. The van der Waals surface area contributed by atoms with Crippen molar-refractivity contribution < 1.29 is 19.1 Å². The van der Waals surface area contributed by atoms with Crippen LogP contribution in [0.25, 0.3) is 11.2 Å². The standard InChI is InChI=1S/C13H19N4O5P/c18-13-11-12(14-6-15-13)17(7-16-11)9-4-2-1-3-5-10(9)22-8-23(19,20)21/h6-7,9-10H,1-5,8H2,(H,14,15,18)(H2,19,20,21)/t9-,10-/m1/s1. The van der Waals surface area contributed by atoms with Gasteiger partial charge in [-0.15, -0.1) is 0 Å². The average molecular weight is 342 g/mol. The minimum Gasteiger partial charge on any atom is -0.363 e. The first-order valence-electron chi connectivity index (χ1n) is 7.52. The molecule has 0 aromatic carbocycles. The van der Waals surface area contributed by atoms with Crippen molar-refractivity contribution in [1.82, 2.24) is 19.5 Å². The molecule has 1 saturated carbocycles. The van der Waals surface area contributed by atoms with Crippen molar-refractivity contribution in [3.63, 3.8) is 0 Å². The molecule has 2 aromatic rings. The van der Waals surface area contributed by atoms with Gasteiger partial charge in [0.25, 0.3) is 5.56 Å². The van der Waals surface area contributed by atoms with Crippen LogP contribution in [0.5, 0.6) is 0 Å². The number of aromatic amines is 1. The Bertz CT molecular complexity index is 782. The van der Waals surface area contributed by atoms with Crippen molar-refractivity contribution in [3.8, 4) is 0 Å². The summed E-state index contributed by atoms with van der Waals surface area (Å²) in [7, 11) is -4.22. The van der Waals surface area contributed by atoms with Crippen LogP contribution in [0, 0.1) is 0 Å². The Morgan fingerprint density at radius 2 is 2.09 bits per heavy atom. The van der Waals surface area contributed by atoms with Gasteiger partial charge >= 0.3 is 7.60 Å². The quantitative estimate of drug-likeness (QED) is 0.561. The van der Waals surface area contributed by atoms with Gasteiger partial charge in [0.2, 0.25) is 0 Å². The summed E-state index contributed by atoms with van der Waals surface area (Å²) in [6.45, 7) is 0.